The minimum absolute atomic E-state index is 0.262. The number of hydrogen-bond donors (Lipinski definition) is 2. The molecule has 1 aliphatic heterocycles. The van der Waals surface area contributed by atoms with Crippen LogP contribution in [0.3, 0.4) is 0 Å². The van der Waals surface area contributed by atoms with E-state index in [4.69, 9.17) is 5.11 Å². The van der Waals surface area contributed by atoms with Crippen molar-refractivity contribution in [3.05, 3.63) is 17.0 Å². The largest absolute Gasteiger partial charge is 0.476 e. The topological polar surface area (TPSA) is 67.1 Å². The molecule has 5 heteroatoms. The van der Waals surface area contributed by atoms with Gasteiger partial charge in [0.05, 0.1) is 11.7 Å². The minimum atomic E-state index is -0.896. The van der Waals surface area contributed by atoms with Crippen molar-refractivity contribution in [1.82, 2.24) is 15.1 Å². The number of rotatable bonds is 2. The summed E-state index contributed by atoms with van der Waals surface area (Å²) >= 11 is 0. The summed E-state index contributed by atoms with van der Waals surface area (Å²) in [6.07, 6.45) is 3.05. The third-order valence-electron chi connectivity index (χ3n) is 3.06. The second-order valence-corrected chi connectivity index (χ2v) is 4.18. The van der Waals surface area contributed by atoms with Gasteiger partial charge >= 0.3 is 5.97 Å². The maximum absolute atomic E-state index is 11.0. The first-order valence-corrected chi connectivity index (χ1v) is 5.31. The highest BCUT2D eigenvalue weighted by atomic mass is 16.4. The van der Waals surface area contributed by atoms with Crippen LogP contribution in [0.2, 0.25) is 0 Å². The van der Waals surface area contributed by atoms with Crippen molar-refractivity contribution in [2.45, 2.75) is 31.8 Å². The lowest BCUT2D eigenvalue weighted by molar-refractivity contribution is 0.0688. The maximum Gasteiger partial charge on any atom is 0.356 e. The average molecular weight is 207 g/mol. The van der Waals surface area contributed by atoms with Gasteiger partial charge in [0.1, 0.15) is 0 Å². The van der Waals surface area contributed by atoms with Gasteiger partial charge in [0.15, 0.2) is 5.69 Å². The molecule has 0 bridgehead atoms. The van der Waals surface area contributed by atoms with Crippen molar-refractivity contribution >= 4 is 5.97 Å². The standard InChI is InChI=1S/C10H13N3O2/c14-10(15)9-7-3-4-11-5-8(7)13(12-9)6-1-2-6/h6,11H,1-5H2,(H,14,15). The number of aromatic nitrogens is 2. The Bertz CT molecular complexity index is 421. The zero-order valence-corrected chi connectivity index (χ0v) is 8.36. The van der Waals surface area contributed by atoms with Crippen molar-refractivity contribution in [3.8, 4) is 0 Å². The van der Waals surface area contributed by atoms with Crippen LogP contribution in [-0.4, -0.2) is 27.4 Å². The summed E-state index contributed by atoms with van der Waals surface area (Å²) < 4.78 is 1.92. The molecule has 80 valence electrons. The van der Waals surface area contributed by atoms with Crippen molar-refractivity contribution in [1.29, 1.82) is 0 Å². The lowest BCUT2D eigenvalue weighted by atomic mass is 10.1. The molecular formula is C10H13N3O2. The molecule has 1 aliphatic carbocycles. The Morgan fingerprint density at radius 1 is 1.53 bits per heavy atom. The first kappa shape index (κ1) is 8.91. The SMILES string of the molecule is O=C(O)c1nn(C2CC2)c2c1CCNC2. The first-order chi connectivity index (χ1) is 7.27. The number of aromatic carboxylic acids is 1. The van der Waals surface area contributed by atoms with E-state index in [-0.39, 0.29) is 5.69 Å². The Morgan fingerprint density at radius 3 is 3.00 bits per heavy atom. The van der Waals surface area contributed by atoms with E-state index in [1.54, 1.807) is 0 Å². The second kappa shape index (κ2) is 3.06. The number of nitrogens with zero attached hydrogens (tertiary/aromatic N) is 2. The fraction of sp³-hybridized carbons (Fsp3) is 0.600. The van der Waals surface area contributed by atoms with Crippen molar-refractivity contribution in [2.24, 2.45) is 0 Å². The number of carboxylic acids is 1. The van der Waals surface area contributed by atoms with Crippen LogP contribution in [0, 0.1) is 0 Å². The van der Waals surface area contributed by atoms with Crippen LogP contribution in [0.25, 0.3) is 0 Å². The molecule has 15 heavy (non-hydrogen) atoms. The van der Waals surface area contributed by atoms with E-state index < -0.39 is 5.97 Å². The highest BCUT2D eigenvalue weighted by Gasteiger charge is 2.32. The highest BCUT2D eigenvalue weighted by Crippen LogP contribution is 2.37. The molecule has 1 saturated carbocycles. The van der Waals surface area contributed by atoms with Gasteiger partial charge in [0.2, 0.25) is 0 Å². The molecule has 2 aliphatic rings. The van der Waals surface area contributed by atoms with Gasteiger partial charge in [0, 0.05) is 12.1 Å². The minimum Gasteiger partial charge on any atom is -0.476 e. The first-order valence-electron chi connectivity index (χ1n) is 5.31. The van der Waals surface area contributed by atoms with E-state index in [0.717, 1.165) is 43.6 Å². The molecule has 2 heterocycles. The van der Waals surface area contributed by atoms with E-state index in [9.17, 15) is 4.79 Å². The van der Waals surface area contributed by atoms with Crippen LogP contribution < -0.4 is 5.32 Å². The molecule has 5 nitrogen and oxygen atoms in total. The fourth-order valence-corrected chi connectivity index (χ4v) is 2.17. The van der Waals surface area contributed by atoms with Crippen LogP contribution in [0.15, 0.2) is 0 Å². The van der Waals surface area contributed by atoms with Crippen LogP contribution in [0.4, 0.5) is 0 Å². The predicted molar refractivity (Wildman–Crippen MR) is 52.9 cm³/mol. The summed E-state index contributed by atoms with van der Waals surface area (Å²) in [7, 11) is 0. The molecule has 0 spiro atoms. The number of fused-ring (bicyclic) bond motifs is 1. The predicted octanol–water partition coefficient (Wildman–Crippen LogP) is 0.562. The highest BCUT2D eigenvalue weighted by molar-refractivity contribution is 5.87. The quantitative estimate of drug-likeness (QED) is 0.743. The van der Waals surface area contributed by atoms with Gasteiger partial charge in [-0.1, -0.05) is 0 Å². The second-order valence-electron chi connectivity index (χ2n) is 4.18. The molecule has 1 aromatic rings. The van der Waals surface area contributed by atoms with Crippen LogP contribution in [0.5, 0.6) is 0 Å². The van der Waals surface area contributed by atoms with Crippen LogP contribution in [0.1, 0.15) is 40.6 Å². The monoisotopic (exact) mass is 207 g/mol. The zero-order chi connectivity index (χ0) is 10.4. The molecular weight excluding hydrogens is 194 g/mol. The zero-order valence-electron chi connectivity index (χ0n) is 8.36. The molecule has 0 radical (unpaired) electrons. The number of carbonyl (C=O) groups is 1. The van der Waals surface area contributed by atoms with Gasteiger partial charge < -0.3 is 10.4 Å². The molecule has 0 aromatic carbocycles. The summed E-state index contributed by atoms with van der Waals surface area (Å²) in [5.74, 6) is -0.896. The molecule has 0 amide bonds. The summed E-state index contributed by atoms with van der Waals surface area (Å²) in [6.45, 7) is 1.61. The van der Waals surface area contributed by atoms with Crippen molar-refractivity contribution < 1.29 is 9.90 Å². The Hall–Kier alpha value is -1.36. The average Bonchev–Trinajstić information content (AvgIpc) is 2.99. The normalized spacial score (nSPS) is 20.0. The number of carboxylic acid groups (broad SMARTS) is 1. The summed E-state index contributed by atoms with van der Waals surface area (Å²) in [4.78, 5) is 11.0. The van der Waals surface area contributed by atoms with Crippen molar-refractivity contribution in [3.63, 3.8) is 0 Å². The van der Waals surface area contributed by atoms with Crippen LogP contribution in [-0.2, 0) is 13.0 Å². The van der Waals surface area contributed by atoms with Gasteiger partial charge in [-0.2, -0.15) is 5.10 Å². The Labute approximate surface area is 87.1 Å². The summed E-state index contributed by atoms with van der Waals surface area (Å²) in [5.41, 5.74) is 2.28. The van der Waals surface area contributed by atoms with Crippen molar-refractivity contribution in [2.75, 3.05) is 6.54 Å². The fourth-order valence-electron chi connectivity index (χ4n) is 2.17. The Balaban J connectivity index is 2.11. The Kier molecular flexibility index (Phi) is 1.82. The summed E-state index contributed by atoms with van der Waals surface area (Å²) in [5, 5.41) is 16.6. The van der Waals surface area contributed by atoms with E-state index in [0.29, 0.717) is 6.04 Å². The lowest BCUT2D eigenvalue weighted by Gasteiger charge is -2.14. The van der Waals surface area contributed by atoms with Crippen LogP contribution >= 0.6 is 0 Å². The molecule has 3 rings (SSSR count). The van der Waals surface area contributed by atoms with Gasteiger partial charge in [-0.05, 0) is 25.8 Å². The van der Waals surface area contributed by atoms with Gasteiger partial charge in [-0.3, -0.25) is 4.68 Å². The third-order valence-corrected chi connectivity index (χ3v) is 3.06. The van der Waals surface area contributed by atoms with Gasteiger partial charge in [-0.25, -0.2) is 4.79 Å². The molecule has 0 atom stereocenters. The van der Waals surface area contributed by atoms with Gasteiger partial charge in [0.25, 0.3) is 0 Å². The van der Waals surface area contributed by atoms with Gasteiger partial charge in [-0.15, -0.1) is 0 Å². The molecule has 0 saturated heterocycles. The molecule has 1 aromatic heterocycles. The van der Waals surface area contributed by atoms with E-state index in [1.165, 1.54) is 0 Å². The molecule has 1 fully saturated rings. The summed E-state index contributed by atoms with van der Waals surface area (Å²) in [6, 6.07) is 0.451. The smallest absolute Gasteiger partial charge is 0.356 e. The lowest BCUT2D eigenvalue weighted by Crippen LogP contribution is -2.25. The maximum atomic E-state index is 11.0. The van der Waals surface area contributed by atoms with E-state index in [1.807, 2.05) is 4.68 Å². The number of nitrogens with one attached hydrogen (secondary N) is 1. The Morgan fingerprint density at radius 2 is 2.33 bits per heavy atom. The van der Waals surface area contributed by atoms with E-state index >= 15 is 0 Å². The molecule has 2 N–H and O–H groups in total. The van der Waals surface area contributed by atoms with E-state index in [2.05, 4.69) is 10.4 Å². The number of hydrogen-bond acceptors (Lipinski definition) is 3. The molecule has 0 unspecified atom stereocenters. The third kappa shape index (κ3) is 1.34.